The van der Waals surface area contributed by atoms with E-state index >= 15 is 0 Å². The molecule has 4 nitrogen and oxygen atoms in total. The van der Waals surface area contributed by atoms with Crippen LogP contribution in [-0.2, 0) is 38.6 Å². The molecule has 3 aliphatic rings. The van der Waals surface area contributed by atoms with E-state index in [1.54, 1.807) is 6.20 Å². The van der Waals surface area contributed by atoms with Crippen LogP contribution in [-0.4, -0.2) is 47.0 Å². The normalized spacial score (nSPS) is 19.1. The van der Waals surface area contributed by atoms with Crippen LogP contribution in [0, 0.1) is 31.1 Å². The van der Waals surface area contributed by atoms with Crippen LogP contribution in [0.4, 0.5) is 0 Å². The molecule has 2 saturated heterocycles. The second-order valence-corrected chi connectivity index (χ2v) is 16.1. The number of nitriles is 1. The molecule has 4 aromatic rings. The molecule has 51 heavy (non-hydrogen) atoms. The zero-order valence-corrected chi connectivity index (χ0v) is 31.7. The number of aromatic nitrogens is 1. The monoisotopic (exact) mass is 698 g/mol. The molecule has 1 aliphatic carbocycles. The maximum Gasteiger partial charge on any atom is 0.101 e. The van der Waals surface area contributed by atoms with E-state index in [0.717, 1.165) is 74.3 Å². The van der Waals surface area contributed by atoms with Gasteiger partial charge in [0.15, 0.2) is 0 Å². The van der Waals surface area contributed by atoms with Gasteiger partial charge in [0.05, 0.1) is 5.56 Å². The van der Waals surface area contributed by atoms with E-state index in [4.69, 9.17) is 11.6 Å². The molecule has 3 heterocycles. The van der Waals surface area contributed by atoms with Crippen molar-refractivity contribution in [3.63, 3.8) is 0 Å². The first-order valence-electron chi connectivity index (χ1n) is 19.7. The lowest BCUT2D eigenvalue weighted by Gasteiger charge is -2.28. The molecule has 3 fully saturated rings. The first kappa shape index (κ1) is 35.9. The Kier molecular flexibility index (Phi) is 11.9. The van der Waals surface area contributed by atoms with E-state index in [1.807, 2.05) is 12.3 Å². The Morgan fingerprint density at radius 3 is 2.20 bits per heavy atom. The van der Waals surface area contributed by atoms with E-state index in [9.17, 15) is 5.26 Å². The average Bonchev–Trinajstić information content (AvgIpc) is 3.78. The number of rotatable bonds is 14. The Bertz CT molecular complexity index is 1850. The summed E-state index contributed by atoms with van der Waals surface area (Å²) in [5.41, 5.74) is 14.1. The van der Waals surface area contributed by atoms with Gasteiger partial charge in [0.25, 0.3) is 0 Å². The maximum atomic E-state index is 9.39. The highest BCUT2D eigenvalue weighted by Gasteiger charge is 2.37. The molecule has 266 valence electrons. The van der Waals surface area contributed by atoms with Gasteiger partial charge in [0.1, 0.15) is 6.07 Å². The van der Waals surface area contributed by atoms with Crippen molar-refractivity contribution in [3.8, 4) is 17.2 Å². The Hall–Kier alpha value is -3.49. The third-order valence-electron chi connectivity index (χ3n) is 12.3. The summed E-state index contributed by atoms with van der Waals surface area (Å²) in [5.74, 6) is 0.987. The Morgan fingerprint density at radius 2 is 1.49 bits per heavy atom. The molecule has 0 N–H and O–H groups in total. The summed E-state index contributed by atoms with van der Waals surface area (Å²) in [7, 11) is 0. The maximum absolute atomic E-state index is 9.39. The molecule has 0 radical (unpaired) electrons. The number of fused-ring (bicyclic) bond motifs is 2. The van der Waals surface area contributed by atoms with Crippen molar-refractivity contribution in [2.75, 3.05) is 26.2 Å². The lowest BCUT2D eigenvalue weighted by Crippen LogP contribution is -2.32. The Balaban J connectivity index is 1.04. The third kappa shape index (κ3) is 8.77. The number of hydrogen-bond acceptors (Lipinski definition) is 4. The van der Waals surface area contributed by atoms with Crippen LogP contribution in [0.2, 0.25) is 5.02 Å². The molecule has 2 aliphatic heterocycles. The number of likely N-dealkylation sites (tertiary alicyclic amines) is 2. The van der Waals surface area contributed by atoms with Gasteiger partial charge >= 0.3 is 0 Å². The summed E-state index contributed by atoms with van der Waals surface area (Å²) in [5, 5.41) is 10.3. The van der Waals surface area contributed by atoms with Crippen LogP contribution in [0.25, 0.3) is 11.1 Å². The fourth-order valence-corrected chi connectivity index (χ4v) is 9.58. The molecule has 1 saturated carbocycles. The SMILES string of the molecule is Cc1c(CCCCN2CC3CCC2C3)cccc1-c1cccc(CCc2cc(CCc3cncc(C#N)c3)c(CN3CCCCC3)cc2Cl)c1C. The van der Waals surface area contributed by atoms with Crippen LogP contribution in [0.15, 0.2) is 67.0 Å². The molecular weight excluding hydrogens is 644 g/mol. The fourth-order valence-electron chi connectivity index (χ4n) is 9.30. The van der Waals surface area contributed by atoms with E-state index in [1.165, 1.54) is 115 Å². The van der Waals surface area contributed by atoms with Gasteiger partial charge in [-0.3, -0.25) is 9.88 Å². The lowest BCUT2D eigenvalue weighted by atomic mass is 9.88. The van der Waals surface area contributed by atoms with Crippen molar-refractivity contribution in [1.82, 2.24) is 14.8 Å². The van der Waals surface area contributed by atoms with Crippen molar-refractivity contribution in [2.24, 2.45) is 5.92 Å². The van der Waals surface area contributed by atoms with Crippen molar-refractivity contribution >= 4 is 11.6 Å². The zero-order valence-electron chi connectivity index (χ0n) is 30.9. The van der Waals surface area contributed by atoms with E-state index in [0.29, 0.717) is 5.56 Å². The van der Waals surface area contributed by atoms with Crippen LogP contribution in [0.5, 0.6) is 0 Å². The van der Waals surface area contributed by atoms with Gasteiger partial charge in [-0.05, 0) is 184 Å². The molecule has 5 heteroatoms. The summed E-state index contributed by atoms with van der Waals surface area (Å²) in [6.45, 7) is 10.5. The van der Waals surface area contributed by atoms with Crippen LogP contribution in [0.1, 0.15) is 101 Å². The van der Waals surface area contributed by atoms with Crippen LogP contribution in [0.3, 0.4) is 0 Å². The lowest BCUT2D eigenvalue weighted by molar-refractivity contribution is 0.210. The quantitative estimate of drug-likeness (QED) is 0.123. The molecule has 7 rings (SSSR count). The van der Waals surface area contributed by atoms with E-state index < -0.39 is 0 Å². The molecule has 2 unspecified atom stereocenters. The largest absolute Gasteiger partial charge is 0.300 e. The third-order valence-corrected chi connectivity index (χ3v) is 12.7. The summed E-state index contributed by atoms with van der Waals surface area (Å²) < 4.78 is 0. The van der Waals surface area contributed by atoms with Gasteiger partial charge < -0.3 is 4.90 Å². The van der Waals surface area contributed by atoms with Crippen molar-refractivity contribution in [2.45, 2.75) is 110 Å². The molecule has 0 spiro atoms. The molecule has 0 amide bonds. The molecule has 2 bridgehead atoms. The topological polar surface area (TPSA) is 43.2 Å². The molecule has 2 atom stereocenters. The van der Waals surface area contributed by atoms with Crippen LogP contribution < -0.4 is 0 Å². The Morgan fingerprint density at radius 1 is 0.765 bits per heavy atom. The second-order valence-electron chi connectivity index (χ2n) is 15.7. The predicted molar refractivity (Wildman–Crippen MR) is 211 cm³/mol. The summed E-state index contributed by atoms with van der Waals surface area (Å²) in [6.07, 6.45) is 19.1. The number of unbranched alkanes of at least 4 members (excludes halogenated alkanes) is 1. The van der Waals surface area contributed by atoms with Crippen molar-refractivity contribution < 1.29 is 0 Å². The minimum Gasteiger partial charge on any atom is -0.300 e. The number of aryl methyl sites for hydroxylation is 5. The van der Waals surface area contributed by atoms with Crippen molar-refractivity contribution in [1.29, 1.82) is 5.26 Å². The van der Waals surface area contributed by atoms with Gasteiger partial charge in [-0.15, -0.1) is 0 Å². The summed E-state index contributed by atoms with van der Waals surface area (Å²) in [4.78, 5) is 9.67. The Labute approximate surface area is 311 Å². The van der Waals surface area contributed by atoms with Crippen molar-refractivity contribution in [3.05, 3.63) is 122 Å². The second kappa shape index (κ2) is 16.9. The highest BCUT2D eigenvalue weighted by molar-refractivity contribution is 6.31. The van der Waals surface area contributed by atoms with Gasteiger partial charge in [-0.2, -0.15) is 5.26 Å². The highest BCUT2D eigenvalue weighted by atomic mass is 35.5. The van der Waals surface area contributed by atoms with E-state index in [2.05, 4.69) is 83.2 Å². The van der Waals surface area contributed by atoms with E-state index in [-0.39, 0.29) is 0 Å². The average molecular weight is 699 g/mol. The molecular formula is C46H55ClN4. The molecule has 1 aromatic heterocycles. The summed E-state index contributed by atoms with van der Waals surface area (Å²) >= 11 is 7.09. The first-order valence-corrected chi connectivity index (χ1v) is 20.1. The first-order chi connectivity index (χ1) is 24.9. The van der Waals surface area contributed by atoms with Gasteiger partial charge in [-0.1, -0.05) is 60.5 Å². The minimum atomic E-state index is 0.622. The minimum absolute atomic E-state index is 0.622. The van der Waals surface area contributed by atoms with Gasteiger partial charge in [0, 0.05) is 36.5 Å². The fraction of sp³-hybridized carbons (Fsp3) is 0.478. The number of hydrogen-bond donors (Lipinski definition) is 0. The number of piperidine rings is 2. The molecule has 3 aromatic carbocycles. The summed E-state index contributed by atoms with van der Waals surface area (Å²) in [6, 6.07) is 23.5. The smallest absolute Gasteiger partial charge is 0.101 e. The number of halogens is 1. The predicted octanol–water partition coefficient (Wildman–Crippen LogP) is 10.3. The van der Waals surface area contributed by atoms with Gasteiger partial charge in [0.2, 0.25) is 0 Å². The number of pyridine rings is 1. The standard InChI is InChI=1S/C46H55ClN4/c1-33-38(10-4-7-23-51-31-36-16-20-43(51)25-36)11-8-13-44(33)45-14-9-12-39(34(45)2)18-19-41-26-40(17-15-35-24-37(28-48)30-49-29-35)42(27-46(41)47)32-50-21-5-3-6-22-50/h8-9,11-14,24,26-27,29-30,36,43H,3-7,10,15-23,25,31-32H2,1-2H3. The van der Waals surface area contributed by atoms with Crippen LogP contribution >= 0.6 is 11.6 Å². The number of benzene rings is 3. The number of nitrogens with zero attached hydrogens (tertiary/aromatic N) is 4. The van der Waals surface area contributed by atoms with Gasteiger partial charge in [-0.25, -0.2) is 0 Å². The highest BCUT2D eigenvalue weighted by Crippen LogP contribution is 2.37. The zero-order chi connectivity index (χ0) is 35.2.